The number of carbonyl (C=O) groups is 1. The van der Waals surface area contributed by atoms with E-state index in [4.69, 9.17) is 15.0 Å². The highest BCUT2D eigenvalue weighted by atomic mass is 16.3. The molecule has 2 atom stereocenters. The van der Waals surface area contributed by atoms with Gasteiger partial charge in [0.15, 0.2) is 5.82 Å². The summed E-state index contributed by atoms with van der Waals surface area (Å²) in [5, 5.41) is 23.7. The van der Waals surface area contributed by atoms with Crippen molar-refractivity contribution in [1.29, 1.82) is 0 Å². The molecule has 0 spiro atoms. The number of aliphatic hydroxyl groups is 2. The summed E-state index contributed by atoms with van der Waals surface area (Å²) in [7, 11) is 0. The van der Waals surface area contributed by atoms with Crippen molar-refractivity contribution in [3.63, 3.8) is 0 Å². The smallest absolute Gasteiger partial charge is 0.240 e. The van der Waals surface area contributed by atoms with Crippen LogP contribution in [0.5, 0.6) is 0 Å². The van der Waals surface area contributed by atoms with E-state index in [1.165, 1.54) is 25.7 Å². The van der Waals surface area contributed by atoms with Gasteiger partial charge in [-0.3, -0.25) is 9.69 Å². The van der Waals surface area contributed by atoms with Crippen LogP contribution in [0.4, 0.5) is 17.6 Å². The molecular formula is C29H36N8O3. The van der Waals surface area contributed by atoms with Gasteiger partial charge in [-0.25, -0.2) is 19.9 Å². The van der Waals surface area contributed by atoms with Gasteiger partial charge in [-0.2, -0.15) is 0 Å². The third-order valence-electron chi connectivity index (χ3n) is 9.10. The number of rotatable bonds is 7. The van der Waals surface area contributed by atoms with Gasteiger partial charge in [-0.15, -0.1) is 0 Å². The van der Waals surface area contributed by atoms with Crippen LogP contribution in [0.2, 0.25) is 0 Å². The number of pyridine rings is 2. The molecule has 3 aromatic rings. The summed E-state index contributed by atoms with van der Waals surface area (Å²) >= 11 is 0. The Bertz CT molecular complexity index is 1430. The Balaban J connectivity index is 1.11. The first-order chi connectivity index (χ1) is 19.5. The van der Waals surface area contributed by atoms with Gasteiger partial charge in [0.25, 0.3) is 0 Å². The fraction of sp³-hybridized carbons (Fsp3) is 0.552. The van der Waals surface area contributed by atoms with Gasteiger partial charge in [0.2, 0.25) is 11.9 Å². The second-order valence-electron chi connectivity index (χ2n) is 11.5. The molecule has 0 radical (unpaired) electrons. The molecule has 11 nitrogen and oxygen atoms in total. The highest BCUT2D eigenvalue weighted by Crippen LogP contribution is 2.42. The van der Waals surface area contributed by atoms with E-state index in [1.807, 2.05) is 28.0 Å². The Morgan fingerprint density at radius 1 is 1.10 bits per heavy atom. The number of amides is 1. The molecule has 4 aliphatic heterocycles. The number of carbonyl (C=O) groups excluding carboxylic acids is 1. The van der Waals surface area contributed by atoms with E-state index in [9.17, 15) is 15.0 Å². The zero-order valence-electron chi connectivity index (χ0n) is 22.8. The van der Waals surface area contributed by atoms with E-state index in [1.54, 1.807) is 13.1 Å². The van der Waals surface area contributed by atoms with Crippen molar-refractivity contribution in [3.05, 3.63) is 41.3 Å². The summed E-state index contributed by atoms with van der Waals surface area (Å²) in [5.41, 5.74) is 3.46. The molecule has 3 N–H and O–H groups in total. The topological polar surface area (TPSA) is 131 Å². The maximum Gasteiger partial charge on any atom is 0.240 e. The number of β-amino-alcohol motifs (C(OH)–C–C–N with tert-alkyl or cyclic N) is 1. The molecule has 40 heavy (non-hydrogen) atoms. The predicted octanol–water partition coefficient (Wildman–Crippen LogP) is 2.30. The molecule has 0 aromatic carbocycles. The van der Waals surface area contributed by atoms with Gasteiger partial charge in [0.1, 0.15) is 11.3 Å². The maximum absolute atomic E-state index is 13.0. The number of hydrogen-bond donors (Lipinski definition) is 3. The van der Waals surface area contributed by atoms with Crippen LogP contribution in [-0.4, -0.2) is 90.2 Å². The number of aliphatic hydroxyl groups excluding tert-OH is 2. The van der Waals surface area contributed by atoms with Crippen molar-refractivity contribution in [1.82, 2.24) is 29.7 Å². The minimum atomic E-state index is -0.666. The van der Waals surface area contributed by atoms with Crippen molar-refractivity contribution in [2.75, 3.05) is 36.5 Å². The molecule has 7 heterocycles. The molecule has 7 rings (SSSR count). The van der Waals surface area contributed by atoms with Crippen LogP contribution in [-0.2, 0) is 17.8 Å². The fourth-order valence-electron chi connectivity index (χ4n) is 6.87. The van der Waals surface area contributed by atoms with Crippen LogP contribution in [0, 0.1) is 0 Å². The summed E-state index contributed by atoms with van der Waals surface area (Å²) < 4.78 is 0. The summed E-state index contributed by atoms with van der Waals surface area (Å²) in [6.07, 6.45) is 7.36. The van der Waals surface area contributed by atoms with Crippen LogP contribution >= 0.6 is 0 Å². The molecule has 3 fully saturated rings. The third kappa shape index (κ3) is 4.46. The van der Waals surface area contributed by atoms with Crippen LogP contribution in [0.1, 0.15) is 62.1 Å². The summed E-state index contributed by atoms with van der Waals surface area (Å²) in [6.45, 7) is 4.42. The molecule has 0 unspecified atom stereocenters. The first-order valence-electron chi connectivity index (χ1n) is 14.5. The fourth-order valence-corrected chi connectivity index (χ4v) is 6.87. The van der Waals surface area contributed by atoms with Crippen molar-refractivity contribution in [3.8, 4) is 0 Å². The lowest BCUT2D eigenvalue weighted by Gasteiger charge is -2.42. The largest absolute Gasteiger partial charge is 0.395 e. The third-order valence-corrected chi connectivity index (χ3v) is 9.10. The quantitative estimate of drug-likeness (QED) is 0.407. The van der Waals surface area contributed by atoms with Crippen molar-refractivity contribution in [2.45, 2.75) is 76.2 Å². The van der Waals surface area contributed by atoms with Crippen LogP contribution in [0.3, 0.4) is 0 Å². The summed E-state index contributed by atoms with van der Waals surface area (Å²) in [4.78, 5) is 38.6. The SMILES string of the molecule is C[C@@H](O)c1cc2cnc(Nc3ccc4c(n3)CCN(C(=O)[C@H]3CCN3CCO)C4)nc2c(N2C3CCC2CC3)n1. The zero-order valence-corrected chi connectivity index (χ0v) is 22.8. The molecule has 1 amide bonds. The average Bonchev–Trinajstić information content (AvgIpc) is 3.55. The van der Waals surface area contributed by atoms with E-state index in [0.29, 0.717) is 55.6 Å². The van der Waals surface area contributed by atoms with Gasteiger partial charge >= 0.3 is 0 Å². The van der Waals surface area contributed by atoms with Crippen LogP contribution in [0.15, 0.2) is 24.4 Å². The van der Waals surface area contributed by atoms with Gasteiger partial charge in [-0.05, 0) is 56.7 Å². The molecule has 3 saturated heterocycles. The van der Waals surface area contributed by atoms with Gasteiger partial charge in [0, 0.05) is 62.0 Å². The normalized spacial score (nSPS) is 24.7. The van der Waals surface area contributed by atoms with Crippen LogP contribution in [0.25, 0.3) is 10.9 Å². The Kier molecular flexibility index (Phi) is 6.52. The second-order valence-corrected chi connectivity index (χ2v) is 11.5. The Morgan fingerprint density at radius 2 is 1.90 bits per heavy atom. The monoisotopic (exact) mass is 544 g/mol. The molecular weight excluding hydrogens is 508 g/mol. The van der Waals surface area contributed by atoms with E-state index >= 15 is 0 Å². The van der Waals surface area contributed by atoms with Gasteiger partial charge in [0.05, 0.1) is 24.4 Å². The molecule has 0 saturated carbocycles. The summed E-state index contributed by atoms with van der Waals surface area (Å²) in [6, 6.07) is 6.67. The van der Waals surface area contributed by atoms with E-state index in [-0.39, 0.29) is 18.6 Å². The maximum atomic E-state index is 13.0. The number of hydrogen-bond acceptors (Lipinski definition) is 10. The molecule has 3 aromatic heterocycles. The van der Waals surface area contributed by atoms with Crippen LogP contribution < -0.4 is 10.2 Å². The van der Waals surface area contributed by atoms with Gasteiger partial charge < -0.3 is 25.3 Å². The second kappa shape index (κ2) is 10.2. The first kappa shape index (κ1) is 25.6. The summed E-state index contributed by atoms with van der Waals surface area (Å²) in [5.74, 6) is 2.12. The number of likely N-dealkylation sites (tertiary alicyclic amines) is 1. The predicted molar refractivity (Wildman–Crippen MR) is 150 cm³/mol. The van der Waals surface area contributed by atoms with E-state index in [2.05, 4.69) is 15.2 Å². The Morgan fingerprint density at radius 3 is 2.60 bits per heavy atom. The number of nitrogens with zero attached hydrogens (tertiary/aromatic N) is 7. The van der Waals surface area contributed by atoms with Crippen molar-refractivity contribution < 1.29 is 15.0 Å². The first-order valence-corrected chi connectivity index (χ1v) is 14.5. The lowest BCUT2D eigenvalue weighted by Crippen LogP contribution is -2.58. The van der Waals surface area contributed by atoms with Gasteiger partial charge in [-0.1, -0.05) is 6.07 Å². The molecule has 11 heteroatoms. The lowest BCUT2D eigenvalue weighted by atomic mass is 9.99. The minimum absolute atomic E-state index is 0.0766. The Hall–Kier alpha value is -3.41. The average molecular weight is 545 g/mol. The highest BCUT2D eigenvalue weighted by molar-refractivity contribution is 5.90. The van der Waals surface area contributed by atoms with E-state index < -0.39 is 6.10 Å². The van der Waals surface area contributed by atoms with E-state index in [0.717, 1.165) is 40.9 Å². The number of anilines is 3. The molecule has 2 bridgehead atoms. The van der Waals surface area contributed by atoms with Crippen molar-refractivity contribution >= 4 is 34.4 Å². The minimum Gasteiger partial charge on any atom is -0.395 e. The lowest BCUT2D eigenvalue weighted by molar-refractivity contribution is -0.143. The highest BCUT2D eigenvalue weighted by Gasteiger charge is 2.41. The Labute approximate surface area is 233 Å². The standard InChI is InChI=1S/C29H36N8O3/c1-17(39)23-14-19-15-30-29(34-26(19)27(32-23)37-20-3-4-21(37)6-5-20)33-25-7-2-18-16-36(10-8-22(18)31-25)28(40)24-9-11-35(24)12-13-38/h2,7,14-15,17,20-21,24,38-39H,3-6,8-13,16H2,1H3,(H,30,31,33,34)/t17-,20?,21?,24-/m1/s1. The molecule has 4 aliphatic rings. The van der Waals surface area contributed by atoms with Crippen molar-refractivity contribution in [2.24, 2.45) is 0 Å². The number of aromatic nitrogens is 4. The number of fused-ring (bicyclic) bond motifs is 4. The molecule has 210 valence electrons. The number of nitrogens with one attached hydrogen (secondary N) is 1. The zero-order chi connectivity index (χ0) is 27.4. The molecule has 0 aliphatic carbocycles.